The molecule has 2 unspecified atom stereocenters. The molecule has 1 aliphatic heterocycles. The van der Waals surface area contributed by atoms with Crippen LogP contribution in [-0.4, -0.2) is 24.0 Å². The Morgan fingerprint density at radius 1 is 1.38 bits per heavy atom. The van der Waals surface area contributed by atoms with Crippen LogP contribution in [0.5, 0.6) is 0 Å². The van der Waals surface area contributed by atoms with E-state index in [1.54, 1.807) is 6.92 Å². The molecule has 0 aromatic rings. The molecule has 0 saturated carbocycles. The standard InChI is InChI=1S/C9H15NO3/c1-4-5-7-6(2)8(11)10(13-3)9(7)12/h6-7H,4-5H2,1-3H3. The molecule has 0 aliphatic carbocycles. The van der Waals surface area contributed by atoms with Gasteiger partial charge in [-0.3, -0.25) is 14.4 Å². The molecular weight excluding hydrogens is 170 g/mol. The van der Waals surface area contributed by atoms with Crippen LogP contribution in [0.25, 0.3) is 0 Å². The van der Waals surface area contributed by atoms with Crippen molar-refractivity contribution in [1.29, 1.82) is 0 Å². The molecular formula is C9H15NO3. The summed E-state index contributed by atoms with van der Waals surface area (Å²) in [6, 6.07) is 0. The smallest absolute Gasteiger partial charge is 0.257 e. The maximum Gasteiger partial charge on any atom is 0.257 e. The molecule has 1 aliphatic rings. The van der Waals surface area contributed by atoms with Crippen molar-refractivity contribution in [2.75, 3.05) is 7.11 Å². The fraction of sp³-hybridized carbons (Fsp3) is 0.778. The number of hydrogen-bond donors (Lipinski definition) is 0. The van der Waals surface area contributed by atoms with E-state index in [4.69, 9.17) is 4.84 Å². The second-order valence-electron chi connectivity index (χ2n) is 3.34. The molecule has 1 heterocycles. The summed E-state index contributed by atoms with van der Waals surface area (Å²) in [5, 5.41) is 0.880. The lowest BCUT2D eigenvalue weighted by Crippen LogP contribution is -2.29. The number of nitrogens with zero attached hydrogens (tertiary/aromatic N) is 1. The third kappa shape index (κ3) is 1.58. The van der Waals surface area contributed by atoms with Gasteiger partial charge < -0.3 is 0 Å². The molecule has 0 radical (unpaired) electrons. The summed E-state index contributed by atoms with van der Waals surface area (Å²) in [4.78, 5) is 27.7. The van der Waals surface area contributed by atoms with E-state index in [2.05, 4.69) is 0 Å². The van der Waals surface area contributed by atoms with E-state index in [1.807, 2.05) is 6.92 Å². The summed E-state index contributed by atoms with van der Waals surface area (Å²) >= 11 is 0. The summed E-state index contributed by atoms with van der Waals surface area (Å²) in [5.41, 5.74) is 0. The third-order valence-corrected chi connectivity index (χ3v) is 2.49. The molecule has 4 nitrogen and oxygen atoms in total. The zero-order chi connectivity index (χ0) is 10.0. The van der Waals surface area contributed by atoms with Crippen LogP contribution in [0.1, 0.15) is 26.7 Å². The van der Waals surface area contributed by atoms with Gasteiger partial charge in [-0.05, 0) is 6.42 Å². The average Bonchev–Trinajstić information content (AvgIpc) is 2.31. The summed E-state index contributed by atoms with van der Waals surface area (Å²) in [6.45, 7) is 3.78. The molecule has 2 atom stereocenters. The third-order valence-electron chi connectivity index (χ3n) is 2.49. The lowest BCUT2D eigenvalue weighted by molar-refractivity contribution is -0.181. The van der Waals surface area contributed by atoms with Gasteiger partial charge in [0, 0.05) is 5.92 Å². The van der Waals surface area contributed by atoms with Crippen molar-refractivity contribution in [3.8, 4) is 0 Å². The predicted molar refractivity (Wildman–Crippen MR) is 46.4 cm³/mol. The van der Waals surface area contributed by atoms with Gasteiger partial charge in [-0.25, -0.2) is 0 Å². The minimum Gasteiger partial charge on any atom is -0.272 e. The summed E-state index contributed by atoms with van der Waals surface area (Å²) in [5.74, 6) is -0.822. The van der Waals surface area contributed by atoms with E-state index in [9.17, 15) is 9.59 Å². The average molecular weight is 185 g/mol. The van der Waals surface area contributed by atoms with Crippen molar-refractivity contribution in [2.24, 2.45) is 11.8 Å². The van der Waals surface area contributed by atoms with E-state index < -0.39 is 0 Å². The Balaban J connectivity index is 2.78. The second-order valence-corrected chi connectivity index (χ2v) is 3.34. The summed E-state index contributed by atoms with van der Waals surface area (Å²) < 4.78 is 0. The molecule has 0 bridgehead atoms. The van der Waals surface area contributed by atoms with Gasteiger partial charge in [0.15, 0.2) is 0 Å². The number of hydrogen-bond acceptors (Lipinski definition) is 3. The number of hydroxylamine groups is 2. The Morgan fingerprint density at radius 3 is 2.38 bits per heavy atom. The van der Waals surface area contributed by atoms with Gasteiger partial charge in [0.2, 0.25) is 0 Å². The zero-order valence-corrected chi connectivity index (χ0v) is 8.24. The highest BCUT2D eigenvalue weighted by Gasteiger charge is 2.44. The Hall–Kier alpha value is -0.900. The first kappa shape index (κ1) is 10.2. The fourth-order valence-electron chi connectivity index (χ4n) is 1.69. The molecule has 0 aromatic heterocycles. The van der Waals surface area contributed by atoms with Gasteiger partial charge >= 0.3 is 0 Å². The van der Waals surface area contributed by atoms with Crippen molar-refractivity contribution in [3.05, 3.63) is 0 Å². The second kappa shape index (κ2) is 3.87. The van der Waals surface area contributed by atoms with Gasteiger partial charge in [-0.2, -0.15) is 5.06 Å². The van der Waals surface area contributed by atoms with Gasteiger partial charge in [0.25, 0.3) is 11.8 Å². The van der Waals surface area contributed by atoms with E-state index in [0.29, 0.717) is 0 Å². The van der Waals surface area contributed by atoms with Crippen LogP contribution in [0.3, 0.4) is 0 Å². The normalized spacial score (nSPS) is 28.7. The Labute approximate surface area is 77.8 Å². The van der Waals surface area contributed by atoms with Crippen LogP contribution < -0.4 is 0 Å². The quantitative estimate of drug-likeness (QED) is 0.615. The molecule has 2 amide bonds. The Morgan fingerprint density at radius 2 is 2.00 bits per heavy atom. The van der Waals surface area contributed by atoms with Crippen LogP contribution in [0, 0.1) is 11.8 Å². The number of imide groups is 1. The van der Waals surface area contributed by atoms with E-state index in [-0.39, 0.29) is 23.7 Å². The molecule has 4 heteroatoms. The molecule has 1 rings (SSSR count). The van der Waals surface area contributed by atoms with Crippen molar-refractivity contribution >= 4 is 11.8 Å². The highest BCUT2D eigenvalue weighted by atomic mass is 16.7. The van der Waals surface area contributed by atoms with Crippen LogP contribution >= 0.6 is 0 Å². The minimum absolute atomic E-state index is 0.183. The summed E-state index contributed by atoms with van der Waals surface area (Å²) in [7, 11) is 1.34. The summed E-state index contributed by atoms with van der Waals surface area (Å²) in [6.07, 6.45) is 1.66. The molecule has 0 aromatic carbocycles. The van der Waals surface area contributed by atoms with Crippen LogP contribution in [0.15, 0.2) is 0 Å². The largest absolute Gasteiger partial charge is 0.272 e. The van der Waals surface area contributed by atoms with Crippen LogP contribution in [0.4, 0.5) is 0 Å². The molecule has 74 valence electrons. The number of carbonyl (C=O) groups is 2. The van der Waals surface area contributed by atoms with Crippen molar-refractivity contribution in [2.45, 2.75) is 26.7 Å². The maximum atomic E-state index is 11.5. The van der Waals surface area contributed by atoms with Gasteiger partial charge in [-0.15, -0.1) is 0 Å². The van der Waals surface area contributed by atoms with Crippen LogP contribution in [-0.2, 0) is 14.4 Å². The SMILES string of the molecule is CCCC1C(=O)N(OC)C(=O)C1C. The lowest BCUT2D eigenvalue weighted by Gasteiger charge is -2.09. The highest BCUT2D eigenvalue weighted by molar-refractivity contribution is 6.03. The zero-order valence-electron chi connectivity index (χ0n) is 8.24. The monoisotopic (exact) mass is 185 g/mol. The van der Waals surface area contributed by atoms with Crippen molar-refractivity contribution in [1.82, 2.24) is 5.06 Å². The van der Waals surface area contributed by atoms with Gasteiger partial charge in [0.05, 0.1) is 13.0 Å². The van der Waals surface area contributed by atoms with E-state index in [0.717, 1.165) is 17.9 Å². The van der Waals surface area contributed by atoms with E-state index >= 15 is 0 Å². The maximum absolute atomic E-state index is 11.5. The number of amides is 2. The first-order valence-electron chi connectivity index (χ1n) is 4.55. The van der Waals surface area contributed by atoms with Crippen LogP contribution in [0.2, 0.25) is 0 Å². The van der Waals surface area contributed by atoms with E-state index in [1.165, 1.54) is 7.11 Å². The molecule has 1 fully saturated rings. The van der Waals surface area contributed by atoms with Gasteiger partial charge in [-0.1, -0.05) is 20.3 Å². The molecule has 0 N–H and O–H groups in total. The molecule has 1 saturated heterocycles. The Bertz CT molecular complexity index is 227. The Kier molecular flexibility index (Phi) is 3.03. The first-order valence-corrected chi connectivity index (χ1v) is 4.55. The van der Waals surface area contributed by atoms with Gasteiger partial charge in [0.1, 0.15) is 0 Å². The molecule has 0 spiro atoms. The highest BCUT2D eigenvalue weighted by Crippen LogP contribution is 2.29. The van der Waals surface area contributed by atoms with Crippen molar-refractivity contribution in [3.63, 3.8) is 0 Å². The molecule has 13 heavy (non-hydrogen) atoms. The topological polar surface area (TPSA) is 46.6 Å². The number of rotatable bonds is 3. The van der Waals surface area contributed by atoms with Crippen molar-refractivity contribution < 1.29 is 14.4 Å². The minimum atomic E-state index is -0.229. The number of carbonyl (C=O) groups excluding carboxylic acids is 2. The first-order chi connectivity index (χ1) is 6.13. The predicted octanol–water partition coefficient (Wildman–Crippen LogP) is 0.969. The lowest BCUT2D eigenvalue weighted by atomic mass is 9.93. The fourth-order valence-corrected chi connectivity index (χ4v) is 1.69.